The van der Waals surface area contributed by atoms with Gasteiger partial charge < -0.3 is 10.2 Å². The van der Waals surface area contributed by atoms with Crippen LogP contribution in [0.25, 0.3) is 0 Å². The van der Waals surface area contributed by atoms with Crippen molar-refractivity contribution >= 4 is 17.1 Å². The van der Waals surface area contributed by atoms with Gasteiger partial charge >= 0.3 is 5.69 Å². The molecule has 0 amide bonds. The number of rotatable bonds is 5. The Labute approximate surface area is 128 Å². The zero-order valence-electron chi connectivity index (χ0n) is 11.5. The Kier molecular flexibility index (Phi) is 4.45. The average molecular weight is 318 g/mol. The monoisotopic (exact) mass is 318 g/mol. The summed E-state index contributed by atoms with van der Waals surface area (Å²) in [4.78, 5) is 20.0. The van der Waals surface area contributed by atoms with Crippen molar-refractivity contribution in [2.45, 2.75) is 6.54 Å². The highest BCUT2D eigenvalue weighted by atomic mass is 16.6. The third-order valence-electron chi connectivity index (χ3n) is 2.85. The first-order valence-corrected chi connectivity index (χ1v) is 6.19. The van der Waals surface area contributed by atoms with Crippen LogP contribution < -0.4 is 0 Å². The summed E-state index contributed by atoms with van der Waals surface area (Å²) in [7, 11) is 0. The summed E-state index contributed by atoms with van der Waals surface area (Å²) in [6, 6.07) is 6.90. The Morgan fingerprint density at radius 3 is 2.35 bits per heavy atom. The standard InChI is InChI=1S/C13H10N4O6/c18-10-3-1-8(13(19)6-10)7-14-15-11-4-2-9(16(20)21)5-12(11)17(22)23/h1-6,18-19H,7H2. The number of non-ortho nitro benzene ring substituents is 1. The van der Waals surface area contributed by atoms with E-state index >= 15 is 0 Å². The quantitative estimate of drug-likeness (QED) is 0.490. The van der Waals surface area contributed by atoms with E-state index in [-0.39, 0.29) is 23.7 Å². The van der Waals surface area contributed by atoms with E-state index < -0.39 is 21.2 Å². The Hall–Kier alpha value is -3.56. The topological polar surface area (TPSA) is 151 Å². The van der Waals surface area contributed by atoms with Crippen LogP contribution in [0.3, 0.4) is 0 Å². The van der Waals surface area contributed by atoms with Crippen LogP contribution >= 0.6 is 0 Å². The summed E-state index contributed by atoms with van der Waals surface area (Å²) in [5.41, 5.74) is -0.750. The van der Waals surface area contributed by atoms with Gasteiger partial charge in [0.25, 0.3) is 5.69 Å². The van der Waals surface area contributed by atoms with Crippen LogP contribution in [0.2, 0.25) is 0 Å². The van der Waals surface area contributed by atoms with Gasteiger partial charge in [-0.25, -0.2) is 0 Å². The molecule has 0 bridgehead atoms. The van der Waals surface area contributed by atoms with Crippen LogP contribution in [0, 0.1) is 20.2 Å². The number of hydrogen-bond acceptors (Lipinski definition) is 8. The molecule has 0 aromatic heterocycles. The number of nitro benzene ring substituents is 2. The van der Waals surface area contributed by atoms with Crippen LogP contribution in [-0.4, -0.2) is 20.1 Å². The predicted octanol–water partition coefficient (Wildman–Crippen LogP) is 3.20. The number of hydrogen-bond donors (Lipinski definition) is 2. The smallest absolute Gasteiger partial charge is 0.303 e. The van der Waals surface area contributed by atoms with Crippen molar-refractivity contribution in [3.8, 4) is 11.5 Å². The third kappa shape index (κ3) is 3.75. The largest absolute Gasteiger partial charge is 0.508 e. The maximum atomic E-state index is 10.9. The predicted molar refractivity (Wildman–Crippen MR) is 77.7 cm³/mol. The SMILES string of the molecule is O=[N+]([O-])c1ccc(N=NCc2ccc(O)cc2O)c([N+](=O)[O-])c1. The number of phenolic OH excluding ortho intramolecular Hbond substituents is 2. The number of benzene rings is 2. The van der Waals surface area contributed by atoms with Gasteiger partial charge in [-0.15, -0.1) is 5.11 Å². The fraction of sp³-hybridized carbons (Fsp3) is 0.0769. The Morgan fingerprint density at radius 1 is 1.00 bits per heavy atom. The number of nitrogens with zero attached hydrogens (tertiary/aromatic N) is 4. The Bertz CT molecular complexity index is 805. The maximum Gasteiger partial charge on any atom is 0.303 e. The molecule has 0 fully saturated rings. The van der Waals surface area contributed by atoms with Gasteiger partial charge in [0, 0.05) is 17.7 Å². The molecule has 0 atom stereocenters. The molecule has 118 valence electrons. The molecule has 2 aromatic carbocycles. The molecule has 0 saturated heterocycles. The lowest BCUT2D eigenvalue weighted by Gasteiger charge is -2.01. The van der Waals surface area contributed by atoms with Crippen molar-refractivity contribution < 1.29 is 20.1 Å². The van der Waals surface area contributed by atoms with E-state index in [2.05, 4.69) is 10.2 Å². The van der Waals surface area contributed by atoms with Gasteiger partial charge in [-0.05, 0) is 18.2 Å². The molecule has 10 nitrogen and oxygen atoms in total. The molecule has 0 unspecified atom stereocenters. The molecule has 0 aliphatic rings. The molecule has 2 N–H and O–H groups in total. The van der Waals surface area contributed by atoms with E-state index in [1.165, 1.54) is 12.1 Å². The number of nitro groups is 2. The van der Waals surface area contributed by atoms with E-state index in [0.717, 1.165) is 24.3 Å². The molecule has 0 aliphatic carbocycles. The normalized spacial score (nSPS) is 10.8. The summed E-state index contributed by atoms with van der Waals surface area (Å²) in [5, 5.41) is 47.7. The maximum absolute atomic E-state index is 10.9. The van der Waals surface area contributed by atoms with Crippen molar-refractivity contribution in [3.63, 3.8) is 0 Å². The number of phenols is 2. The van der Waals surface area contributed by atoms with Gasteiger partial charge in [-0.2, -0.15) is 5.11 Å². The van der Waals surface area contributed by atoms with Crippen LogP contribution in [0.5, 0.6) is 11.5 Å². The van der Waals surface area contributed by atoms with E-state index in [4.69, 9.17) is 5.11 Å². The number of aromatic hydroxyl groups is 2. The molecular formula is C13H10N4O6. The highest BCUT2D eigenvalue weighted by Crippen LogP contribution is 2.32. The zero-order chi connectivity index (χ0) is 17.0. The molecule has 2 rings (SSSR count). The molecule has 10 heteroatoms. The molecule has 23 heavy (non-hydrogen) atoms. The minimum atomic E-state index is -0.792. The molecule has 0 saturated carbocycles. The summed E-state index contributed by atoms with van der Waals surface area (Å²) in [5.74, 6) is -0.309. The third-order valence-corrected chi connectivity index (χ3v) is 2.85. The van der Waals surface area contributed by atoms with Crippen LogP contribution in [0.15, 0.2) is 46.6 Å². The minimum absolute atomic E-state index is 0.0831. The first kappa shape index (κ1) is 15.8. The first-order chi connectivity index (χ1) is 10.9. The molecule has 0 aliphatic heterocycles. The molecule has 0 radical (unpaired) electrons. The van der Waals surface area contributed by atoms with Crippen molar-refractivity contribution in [1.29, 1.82) is 0 Å². The van der Waals surface area contributed by atoms with Gasteiger partial charge in [0.1, 0.15) is 11.5 Å². The molecular weight excluding hydrogens is 308 g/mol. The second-order valence-corrected chi connectivity index (χ2v) is 4.40. The van der Waals surface area contributed by atoms with Gasteiger partial charge in [-0.1, -0.05) is 0 Å². The van der Waals surface area contributed by atoms with Crippen LogP contribution in [0.4, 0.5) is 17.1 Å². The highest BCUT2D eigenvalue weighted by Gasteiger charge is 2.19. The van der Waals surface area contributed by atoms with Gasteiger partial charge in [0.15, 0.2) is 5.69 Å². The van der Waals surface area contributed by atoms with Gasteiger partial charge in [0.2, 0.25) is 0 Å². The van der Waals surface area contributed by atoms with E-state index in [0.29, 0.717) is 5.56 Å². The number of azo groups is 1. The molecule has 0 spiro atoms. The summed E-state index contributed by atoms with van der Waals surface area (Å²) >= 11 is 0. The minimum Gasteiger partial charge on any atom is -0.508 e. The molecule has 2 aromatic rings. The van der Waals surface area contributed by atoms with Crippen molar-refractivity contribution in [3.05, 3.63) is 62.2 Å². The summed E-state index contributed by atoms with van der Waals surface area (Å²) in [6.45, 7) is -0.0831. The van der Waals surface area contributed by atoms with E-state index in [9.17, 15) is 25.3 Å². The lowest BCUT2D eigenvalue weighted by molar-refractivity contribution is -0.393. The first-order valence-electron chi connectivity index (χ1n) is 6.19. The molecule has 0 heterocycles. The van der Waals surface area contributed by atoms with Crippen molar-refractivity contribution in [2.75, 3.05) is 0 Å². The fourth-order valence-corrected chi connectivity index (χ4v) is 1.73. The van der Waals surface area contributed by atoms with Crippen LogP contribution in [-0.2, 0) is 6.54 Å². The van der Waals surface area contributed by atoms with E-state index in [1.807, 2.05) is 0 Å². The second kappa shape index (κ2) is 6.47. The van der Waals surface area contributed by atoms with E-state index in [1.54, 1.807) is 0 Å². The van der Waals surface area contributed by atoms with Gasteiger partial charge in [-0.3, -0.25) is 20.2 Å². The lowest BCUT2D eigenvalue weighted by atomic mass is 10.2. The summed E-state index contributed by atoms with van der Waals surface area (Å²) < 4.78 is 0. The Balaban J connectivity index is 2.25. The Morgan fingerprint density at radius 2 is 1.74 bits per heavy atom. The fourth-order valence-electron chi connectivity index (χ4n) is 1.73. The highest BCUT2D eigenvalue weighted by molar-refractivity contribution is 5.61. The van der Waals surface area contributed by atoms with Crippen molar-refractivity contribution in [1.82, 2.24) is 0 Å². The zero-order valence-corrected chi connectivity index (χ0v) is 11.5. The van der Waals surface area contributed by atoms with Crippen LogP contribution in [0.1, 0.15) is 5.56 Å². The average Bonchev–Trinajstić information content (AvgIpc) is 2.49. The lowest BCUT2D eigenvalue weighted by Crippen LogP contribution is -1.92. The van der Waals surface area contributed by atoms with Gasteiger partial charge in [0.05, 0.1) is 22.5 Å². The van der Waals surface area contributed by atoms with Crippen molar-refractivity contribution in [2.24, 2.45) is 10.2 Å². The second-order valence-electron chi connectivity index (χ2n) is 4.40. The summed E-state index contributed by atoms with van der Waals surface area (Å²) in [6.07, 6.45) is 0.